The number of esters is 1. The Bertz CT molecular complexity index is 1110. The summed E-state index contributed by atoms with van der Waals surface area (Å²) < 4.78 is 22.3. The molecule has 2 aromatic carbocycles. The van der Waals surface area contributed by atoms with Gasteiger partial charge in [-0.25, -0.2) is 9.48 Å². The van der Waals surface area contributed by atoms with Crippen molar-refractivity contribution in [3.8, 4) is 23.0 Å². The van der Waals surface area contributed by atoms with Crippen LogP contribution in [0.3, 0.4) is 0 Å². The lowest BCUT2D eigenvalue weighted by Crippen LogP contribution is -2.25. The van der Waals surface area contributed by atoms with Crippen LogP contribution in [-0.4, -0.2) is 37.1 Å². The number of ether oxygens (including phenoxy) is 4. The van der Waals surface area contributed by atoms with Crippen molar-refractivity contribution in [2.45, 2.75) is 13.5 Å². The molecule has 0 fully saturated rings. The Kier molecular flexibility index (Phi) is 6.36. The molecule has 0 radical (unpaired) electrons. The number of carbonyl (C=O) groups is 1. The number of benzene rings is 2. The van der Waals surface area contributed by atoms with Crippen molar-refractivity contribution in [1.29, 1.82) is 0 Å². The van der Waals surface area contributed by atoms with Crippen LogP contribution in [-0.2, 0) is 11.3 Å². The van der Waals surface area contributed by atoms with Crippen molar-refractivity contribution in [2.75, 3.05) is 21.3 Å². The van der Waals surface area contributed by atoms with Gasteiger partial charge in [0, 0.05) is 6.07 Å². The molecule has 8 nitrogen and oxygen atoms in total. The standard InChI is InChI=1S/C22H22N2O6/c1-14-11-20(30-18-10-7-16(22(26)29-4)12-19(18)28-3)21(25)24(23-14)13-15-5-8-17(27-2)9-6-15/h5-12H,13H2,1-4H3. The number of hydrogen-bond acceptors (Lipinski definition) is 7. The van der Waals surface area contributed by atoms with Gasteiger partial charge in [-0.2, -0.15) is 5.10 Å². The number of methoxy groups -OCH3 is 3. The summed E-state index contributed by atoms with van der Waals surface area (Å²) in [5.74, 6) is 0.925. The van der Waals surface area contributed by atoms with Gasteiger partial charge in [0.1, 0.15) is 5.75 Å². The maximum atomic E-state index is 12.9. The summed E-state index contributed by atoms with van der Waals surface area (Å²) in [5.41, 5.74) is 1.42. The third-order valence-electron chi connectivity index (χ3n) is 4.36. The molecule has 3 rings (SSSR count). The molecule has 0 aliphatic carbocycles. The van der Waals surface area contributed by atoms with E-state index in [0.29, 0.717) is 22.8 Å². The maximum Gasteiger partial charge on any atom is 0.337 e. The number of aromatic nitrogens is 2. The van der Waals surface area contributed by atoms with Gasteiger partial charge in [0.25, 0.3) is 0 Å². The minimum Gasteiger partial charge on any atom is -0.497 e. The summed E-state index contributed by atoms with van der Waals surface area (Å²) >= 11 is 0. The maximum absolute atomic E-state index is 12.9. The first-order valence-corrected chi connectivity index (χ1v) is 9.11. The number of nitrogens with zero attached hydrogens (tertiary/aromatic N) is 2. The van der Waals surface area contributed by atoms with Crippen LogP contribution in [0.1, 0.15) is 21.6 Å². The van der Waals surface area contributed by atoms with Gasteiger partial charge in [-0.05, 0) is 42.8 Å². The van der Waals surface area contributed by atoms with Crippen molar-refractivity contribution in [3.63, 3.8) is 0 Å². The Morgan fingerprint density at radius 3 is 2.30 bits per heavy atom. The molecule has 0 spiro atoms. The molecule has 0 aliphatic heterocycles. The lowest BCUT2D eigenvalue weighted by molar-refractivity contribution is 0.0600. The largest absolute Gasteiger partial charge is 0.497 e. The molecule has 0 atom stereocenters. The van der Waals surface area contributed by atoms with E-state index in [1.807, 2.05) is 24.3 Å². The average molecular weight is 410 g/mol. The lowest BCUT2D eigenvalue weighted by atomic mass is 10.2. The highest BCUT2D eigenvalue weighted by Crippen LogP contribution is 2.31. The predicted octanol–water partition coefficient (Wildman–Crippen LogP) is 3.20. The molecule has 1 aromatic heterocycles. The van der Waals surface area contributed by atoms with E-state index in [4.69, 9.17) is 18.9 Å². The van der Waals surface area contributed by atoms with E-state index >= 15 is 0 Å². The Morgan fingerprint density at radius 2 is 1.67 bits per heavy atom. The number of rotatable bonds is 7. The monoisotopic (exact) mass is 410 g/mol. The van der Waals surface area contributed by atoms with Crippen LogP contribution in [0.2, 0.25) is 0 Å². The first kappa shape index (κ1) is 20.9. The van der Waals surface area contributed by atoms with Gasteiger partial charge in [-0.3, -0.25) is 4.79 Å². The van der Waals surface area contributed by atoms with Crippen LogP contribution in [0, 0.1) is 6.92 Å². The van der Waals surface area contributed by atoms with Crippen molar-refractivity contribution in [1.82, 2.24) is 9.78 Å². The molecule has 1 heterocycles. The minimum absolute atomic E-state index is 0.0973. The van der Waals surface area contributed by atoms with Gasteiger partial charge in [0.15, 0.2) is 17.2 Å². The molecule has 30 heavy (non-hydrogen) atoms. The van der Waals surface area contributed by atoms with Gasteiger partial charge >= 0.3 is 11.5 Å². The van der Waals surface area contributed by atoms with Crippen LogP contribution >= 0.6 is 0 Å². The number of aryl methyl sites for hydroxylation is 1. The Hall–Kier alpha value is -3.81. The molecule has 8 heteroatoms. The molecule has 0 saturated carbocycles. The second kappa shape index (κ2) is 9.13. The molecule has 0 bridgehead atoms. The zero-order valence-electron chi connectivity index (χ0n) is 17.2. The fraction of sp³-hybridized carbons (Fsp3) is 0.227. The van der Waals surface area contributed by atoms with E-state index in [2.05, 4.69) is 5.10 Å². The van der Waals surface area contributed by atoms with Crippen molar-refractivity contribution >= 4 is 5.97 Å². The Morgan fingerprint density at radius 1 is 0.933 bits per heavy atom. The zero-order chi connectivity index (χ0) is 21.7. The molecule has 156 valence electrons. The van der Waals surface area contributed by atoms with Crippen LogP contribution in [0.25, 0.3) is 0 Å². The third kappa shape index (κ3) is 4.60. The van der Waals surface area contributed by atoms with Crippen LogP contribution in [0.4, 0.5) is 0 Å². The highest BCUT2D eigenvalue weighted by molar-refractivity contribution is 5.90. The van der Waals surface area contributed by atoms with Gasteiger partial charge in [-0.1, -0.05) is 12.1 Å². The smallest absolute Gasteiger partial charge is 0.337 e. The zero-order valence-corrected chi connectivity index (χ0v) is 17.2. The predicted molar refractivity (Wildman–Crippen MR) is 110 cm³/mol. The third-order valence-corrected chi connectivity index (χ3v) is 4.36. The molecular weight excluding hydrogens is 388 g/mol. The van der Waals surface area contributed by atoms with Gasteiger partial charge in [0.2, 0.25) is 0 Å². The van der Waals surface area contributed by atoms with Crippen LogP contribution in [0.5, 0.6) is 23.0 Å². The Labute approximate surface area is 173 Å². The quantitative estimate of drug-likeness (QED) is 0.553. The summed E-state index contributed by atoms with van der Waals surface area (Å²) in [4.78, 5) is 24.6. The van der Waals surface area contributed by atoms with Crippen LogP contribution in [0.15, 0.2) is 53.3 Å². The average Bonchev–Trinajstić information content (AvgIpc) is 2.77. The van der Waals surface area contributed by atoms with Gasteiger partial charge < -0.3 is 18.9 Å². The van der Waals surface area contributed by atoms with E-state index in [9.17, 15) is 9.59 Å². The fourth-order valence-corrected chi connectivity index (χ4v) is 2.84. The highest BCUT2D eigenvalue weighted by Gasteiger charge is 2.15. The molecule has 0 unspecified atom stereocenters. The van der Waals surface area contributed by atoms with Crippen molar-refractivity contribution in [3.05, 3.63) is 75.7 Å². The summed E-state index contributed by atoms with van der Waals surface area (Å²) in [6.07, 6.45) is 0. The summed E-state index contributed by atoms with van der Waals surface area (Å²) in [6.45, 7) is 2.05. The Balaban J connectivity index is 1.91. The van der Waals surface area contributed by atoms with E-state index < -0.39 is 11.5 Å². The van der Waals surface area contributed by atoms with Crippen molar-refractivity contribution in [2.24, 2.45) is 0 Å². The molecule has 3 aromatic rings. The normalized spacial score (nSPS) is 10.4. The lowest BCUT2D eigenvalue weighted by Gasteiger charge is -2.13. The van der Waals surface area contributed by atoms with E-state index in [1.165, 1.54) is 31.0 Å². The highest BCUT2D eigenvalue weighted by atomic mass is 16.5. The fourth-order valence-electron chi connectivity index (χ4n) is 2.84. The summed E-state index contributed by atoms with van der Waals surface area (Å²) in [6, 6.07) is 13.5. The summed E-state index contributed by atoms with van der Waals surface area (Å²) in [5, 5.41) is 4.30. The van der Waals surface area contributed by atoms with E-state index in [-0.39, 0.29) is 12.3 Å². The van der Waals surface area contributed by atoms with E-state index in [0.717, 1.165) is 11.3 Å². The van der Waals surface area contributed by atoms with E-state index in [1.54, 1.807) is 26.2 Å². The summed E-state index contributed by atoms with van der Waals surface area (Å²) in [7, 11) is 4.34. The minimum atomic E-state index is -0.499. The van der Waals surface area contributed by atoms with Crippen LogP contribution < -0.4 is 19.8 Å². The van der Waals surface area contributed by atoms with Gasteiger partial charge in [-0.15, -0.1) is 0 Å². The molecule has 0 aliphatic rings. The molecule has 0 saturated heterocycles. The SMILES string of the molecule is COC(=O)c1ccc(Oc2cc(C)nn(Cc3ccc(OC)cc3)c2=O)c(OC)c1. The first-order chi connectivity index (χ1) is 14.4. The topological polar surface area (TPSA) is 88.9 Å². The molecule has 0 amide bonds. The molecular formula is C22H22N2O6. The second-order valence-corrected chi connectivity index (χ2v) is 6.42. The second-order valence-electron chi connectivity index (χ2n) is 6.42. The number of hydrogen-bond donors (Lipinski definition) is 0. The van der Waals surface area contributed by atoms with Gasteiger partial charge in [0.05, 0.1) is 39.1 Å². The van der Waals surface area contributed by atoms with Crippen molar-refractivity contribution < 1.29 is 23.7 Å². The molecule has 0 N–H and O–H groups in total. The number of carbonyl (C=O) groups excluding carboxylic acids is 1. The first-order valence-electron chi connectivity index (χ1n) is 9.11.